The van der Waals surface area contributed by atoms with Crippen molar-refractivity contribution >= 4 is 9.04 Å². The van der Waals surface area contributed by atoms with Crippen LogP contribution in [0.1, 0.15) is 34.1 Å². The number of hydrogen-bond acceptors (Lipinski definition) is 1. The summed E-state index contributed by atoms with van der Waals surface area (Å²) in [4.78, 5) is 0. The Hall–Kier alpha value is 0.177. The monoisotopic (exact) mass is 174 g/mol. The van der Waals surface area contributed by atoms with Crippen molar-refractivity contribution in [1.29, 1.82) is 0 Å². The van der Waals surface area contributed by atoms with E-state index >= 15 is 0 Å². The number of rotatable bonds is 4. The van der Waals surface area contributed by atoms with E-state index in [0.717, 1.165) is 0 Å². The molecule has 2 heteroatoms. The van der Waals surface area contributed by atoms with Gasteiger partial charge >= 0.3 is 0 Å². The maximum atomic E-state index is 5.93. The van der Waals surface area contributed by atoms with Crippen LogP contribution in [0.25, 0.3) is 0 Å². The molecule has 1 nitrogen and oxygen atoms in total. The predicted molar refractivity (Wildman–Crippen MR) is 53.5 cm³/mol. The largest absolute Gasteiger partial charge is 0.415 e. The molecule has 0 fully saturated rings. The Morgan fingerprint density at radius 2 is 1.82 bits per heavy atom. The molecule has 0 saturated heterocycles. The molecule has 0 heterocycles. The van der Waals surface area contributed by atoms with E-state index in [1.165, 1.54) is 6.42 Å². The second-order valence-electron chi connectivity index (χ2n) is 4.08. The average Bonchev–Trinajstić information content (AvgIpc) is 1.83. The fourth-order valence-electron chi connectivity index (χ4n) is 1.22. The van der Waals surface area contributed by atoms with Gasteiger partial charge in [0.2, 0.25) is 0 Å². The molecule has 11 heavy (non-hydrogen) atoms. The SMILES string of the molecule is CCC(C)C(C)(C)O[SiH](C)C. The third-order valence-electron chi connectivity index (χ3n) is 2.34. The normalized spacial score (nSPS) is 15.5. The molecule has 1 unspecified atom stereocenters. The van der Waals surface area contributed by atoms with Crippen LogP contribution in [0.2, 0.25) is 13.1 Å². The maximum Gasteiger partial charge on any atom is 0.171 e. The quantitative estimate of drug-likeness (QED) is 0.596. The van der Waals surface area contributed by atoms with Crippen LogP contribution in [0.3, 0.4) is 0 Å². The minimum absolute atomic E-state index is 0.0924. The van der Waals surface area contributed by atoms with E-state index < -0.39 is 9.04 Å². The summed E-state index contributed by atoms with van der Waals surface area (Å²) in [7, 11) is -0.866. The second-order valence-corrected chi connectivity index (χ2v) is 6.41. The topological polar surface area (TPSA) is 9.23 Å². The van der Waals surface area contributed by atoms with Crippen LogP contribution >= 0.6 is 0 Å². The summed E-state index contributed by atoms with van der Waals surface area (Å²) >= 11 is 0. The van der Waals surface area contributed by atoms with E-state index in [4.69, 9.17) is 4.43 Å². The lowest BCUT2D eigenvalue weighted by molar-refractivity contribution is 0.0491. The van der Waals surface area contributed by atoms with Crippen LogP contribution < -0.4 is 0 Å². The first-order valence-electron chi connectivity index (χ1n) is 4.58. The molecule has 0 aromatic carbocycles. The molecular weight excluding hydrogens is 152 g/mol. The Labute approximate surface area is 72.9 Å². The fraction of sp³-hybridized carbons (Fsp3) is 1.00. The molecule has 0 saturated carbocycles. The maximum absolute atomic E-state index is 5.93. The van der Waals surface area contributed by atoms with Crippen molar-refractivity contribution in [2.75, 3.05) is 0 Å². The van der Waals surface area contributed by atoms with E-state index in [1.807, 2.05) is 0 Å². The molecule has 68 valence electrons. The van der Waals surface area contributed by atoms with Crippen molar-refractivity contribution in [3.05, 3.63) is 0 Å². The molecule has 0 aromatic rings. The summed E-state index contributed by atoms with van der Waals surface area (Å²) in [6.07, 6.45) is 1.20. The zero-order chi connectivity index (χ0) is 9.07. The van der Waals surface area contributed by atoms with Gasteiger partial charge in [0.05, 0.1) is 5.60 Å². The second kappa shape index (κ2) is 4.26. The molecular formula is C9H22OSi. The number of hydrogen-bond donors (Lipinski definition) is 0. The summed E-state index contributed by atoms with van der Waals surface area (Å²) in [5.74, 6) is 0.664. The third kappa shape index (κ3) is 3.92. The zero-order valence-electron chi connectivity index (χ0n) is 8.77. The van der Waals surface area contributed by atoms with Gasteiger partial charge in [-0.1, -0.05) is 20.3 Å². The van der Waals surface area contributed by atoms with Gasteiger partial charge in [-0.3, -0.25) is 0 Å². The molecule has 0 N–H and O–H groups in total. The van der Waals surface area contributed by atoms with E-state index in [2.05, 4.69) is 40.8 Å². The van der Waals surface area contributed by atoms with Crippen molar-refractivity contribution in [3.8, 4) is 0 Å². The standard InChI is InChI=1S/C9H22OSi/c1-7-8(2)9(3,4)10-11(5)6/h8,11H,7H2,1-6H3. The highest BCUT2D eigenvalue weighted by molar-refractivity contribution is 6.48. The van der Waals surface area contributed by atoms with Crippen molar-refractivity contribution in [2.45, 2.75) is 52.8 Å². The van der Waals surface area contributed by atoms with Crippen molar-refractivity contribution in [1.82, 2.24) is 0 Å². The van der Waals surface area contributed by atoms with Gasteiger partial charge in [-0.05, 0) is 32.9 Å². The predicted octanol–water partition coefficient (Wildman–Crippen LogP) is 2.81. The highest BCUT2D eigenvalue weighted by Crippen LogP contribution is 2.24. The Morgan fingerprint density at radius 1 is 1.36 bits per heavy atom. The van der Waals surface area contributed by atoms with E-state index in [0.29, 0.717) is 5.92 Å². The molecule has 0 aliphatic rings. The molecule has 0 aliphatic carbocycles. The van der Waals surface area contributed by atoms with Gasteiger partial charge in [-0.15, -0.1) is 0 Å². The first-order valence-corrected chi connectivity index (χ1v) is 7.36. The minimum atomic E-state index is -0.866. The fourth-order valence-corrected chi connectivity index (χ4v) is 2.66. The van der Waals surface area contributed by atoms with Crippen LogP contribution in [-0.4, -0.2) is 14.6 Å². The molecule has 0 aromatic heterocycles. The lowest BCUT2D eigenvalue weighted by atomic mass is 9.91. The Bertz CT molecular complexity index is 110. The summed E-state index contributed by atoms with van der Waals surface area (Å²) in [5.41, 5.74) is 0.0924. The van der Waals surface area contributed by atoms with Crippen LogP contribution in [0, 0.1) is 5.92 Å². The highest BCUT2D eigenvalue weighted by Gasteiger charge is 2.25. The molecule has 0 aliphatic heterocycles. The van der Waals surface area contributed by atoms with Gasteiger partial charge in [0.25, 0.3) is 0 Å². The van der Waals surface area contributed by atoms with Gasteiger partial charge in [-0.2, -0.15) is 0 Å². The lowest BCUT2D eigenvalue weighted by Crippen LogP contribution is -2.36. The average molecular weight is 174 g/mol. The Morgan fingerprint density at radius 3 is 2.09 bits per heavy atom. The molecule has 0 spiro atoms. The van der Waals surface area contributed by atoms with Crippen LogP contribution in [0.4, 0.5) is 0 Å². The van der Waals surface area contributed by atoms with Crippen molar-refractivity contribution in [2.24, 2.45) is 5.92 Å². The zero-order valence-corrected chi connectivity index (χ0v) is 9.92. The smallest absolute Gasteiger partial charge is 0.171 e. The van der Waals surface area contributed by atoms with Gasteiger partial charge < -0.3 is 4.43 Å². The minimum Gasteiger partial charge on any atom is -0.415 e. The van der Waals surface area contributed by atoms with Crippen LogP contribution in [0.5, 0.6) is 0 Å². The van der Waals surface area contributed by atoms with Gasteiger partial charge in [0.1, 0.15) is 0 Å². The lowest BCUT2D eigenvalue weighted by Gasteiger charge is -2.33. The van der Waals surface area contributed by atoms with Gasteiger partial charge in [0, 0.05) is 0 Å². The molecule has 0 radical (unpaired) electrons. The molecule has 0 amide bonds. The van der Waals surface area contributed by atoms with E-state index in [-0.39, 0.29) is 5.60 Å². The first-order chi connectivity index (χ1) is 4.90. The van der Waals surface area contributed by atoms with Crippen molar-refractivity contribution in [3.63, 3.8) is 0 Å². The summed E-state index contributed by atoms with van der Waals surface area (Å²) in [6, 6.07) is 0. The Kier molecular flexibility index (Phi) is 4.33. The Balaban J connectivity index is 3.98. The molecule has 0 bridgehead atoms. The van der Waals surface area contributed by atoms with Gasteiger partial charge in [-0.25, -0.2) is 0 Å². The van der Waals surface area contributed by atoms with E-state index in [9.17, 15) is 0 Å². The van der Waals surface area contributed by atoms with E-state index in [1.54, 1.807) is 0 Å². The van der Waals surface area contributed by atoms with Crippen molar-refractivity contribution < 1.29 is 4.43 Å². The van der Waals surface area contributed by atoms with Crippen LogP contribution in [0.15, 0.2) is 0 Å². The summed E-state index contributed by atoms with van der Waals surface area (Å²) in [5, 5.41) is 0. The molecule has 1 atom stereocenters. The first kappa shape index (κ1) is 11.2. The molecule has 0 rings (SSSR count). The van der Waals surface area contributed by atoms with Crippen LogP contribution in [-0.2, 0) is 4.43 Å². The summed E-state index contributed by atoms with van der Waals surface area (Å²) < 4.78 is 5.93. The third-order valence-corrected chi connectivity index (χ3v) is 3.42. The summed E-state index contributed by atoms with van der Waals surface area (Å²) in [6.45, 7) is 13.3. The van der Waals surface area contributed by atoms with Gasteiger partial charge in [0.15, 0.2) is 9.04 Å². The highest BCUT2D eigenvalue weighted by atomic mass is 28.3.